The van der Waals surface area contributed by atoms with Gasteiger partial charge in [0, 0.05) is 12.0 Å². The third-order valence-electron chi connectivity index (χ3n) is 5.14. The molecule has 152 valence electrons. The summed E-state index contributed by atoms with van der Waals surface area (Å²) in [6, 6.07) is 14.2. The Morgan fingerprint density at radius 3 is 2.45 bits per heavy atom. The molecule has 29 heavy (non-hydrogen) atoms. The van der Waals surface area contributed by atoms with Crippen molar-refractivity contribution in [3.05, 3.63) is 54.1 Å². The van der Waals surface area contributed by atoms with E-state index in [2.05, 4.69) is 12.2 Å². The van der Waals surface area contributed by atoms with Crippen molar-refractivity contribution in [3.63, 3.8) is 0 Å². The number of carbonyl (C=O) groups is 2. The lowest BCUT2D eigenvalue weighted by molar-refractivity contribution is -0.132. The Hall–Kier alpha value is -3.22. The fraction of sp³-hybridized carbons (Fsp3) is 0.364. The van der Waals surface area contributed by atoms with Crippen molar-refractivity contribution in [1.29, 1.82) is 0 Å². The predicted molar refractivity (Wildman–Crippen MR) is 106 cm³/mol. The molecule has 0 radical (unpaired) electrons. The van der Waals surface area contributed by atoms with Crippen molar-refractivity contribution >= 4 is 11.9 Å². The maximum Gasteiger partial charge on any atom is 0.325 e. The predicted octanol–water partition coefficient (Wildman–Crippen LogP) is 3.08. The van der Waals surface area contributed by atoms with E-state index in [0.29, 0.717) is 36.7 Å². The fourth-order valence-corrected chi connectivity index (χ4v) is 3.68. The average Bonchev–Trinajstić information content (AvgIpc) is 2.98. The number of benzene rings is 2. The van der Waals surface area contributed by atoms with Crippen LogP contribution in [0.1, 0.15) is 25.3 Å². The van der Waals surface area contributed by atoms with Crippen LogP contribution in [-0.2, 0) is 10.3 Å². The number of ether oxygens (including phenoxy) is 3. The summed E-state index contributed by atoms with van der Waals surface area (Å²) in [7, 11) is 0. The number of amides is 3. The quantitative estimate of drug-likeness (QED) is 0.728. The number of nitrogens with one attached hydrogen (secondary N) is 1. The van der Waals surface area contributed by atoms with Crippen molar-refractivity contribution in [2.45, 2.75) is 25.3 Å². The highest BCUT2D eigenvalue weighted by molar-refractivity contribution is 6.08. The number of hydrogen-bond donors (Lipinski definition) is 1. The summed E-state index contributed by atoms with van der Waals surface area (Å²) in [6.45, 7) is 3.48. The molecule has 1 atom stereocenters. The van der Waals surface area contributed by atoms with Crippen molar-refractivity contribution in [2.75, 3.05) is 26.4 Å². The topological polar surface area (TPSA) is 77.1 Å². The zero-order valence-corrected chi connectivity index (χ0v) is 16.3. The minimum Gasteiger partial charge on any atom is -0.494 e. The van der Waals surface area contributed by atoms with Crippen LogP contribution in [0.15, 0.2) is 48.5 Å². The lowest BCUT2D eigenvalue weighted by Crippen LogP contribution is -2.47. The van der Waals surface area contributed by atoms with Crippen LogP contribution in [0.4, 0.5) is 4.79 Å². The van der Waals surface area contributed by atoms with Gasteiger partial charge in [0.15, 0.2) is 5.54 Å². The van der Waals surface area contributed by atoms with Gasteiger partial charge in [0.25, 0.3) is 5.91 Å². The van der Waals surface area contributed by atoms with E-state index < -0.39 is 11.6 Å². The van der Waals surface area contributed by atoms with E-state index in [1.54, 1.807) is 0 Å². The van der Waals surface area contributed by atoms with Gasteiger partial charge < -0.3 is 19.5 Å². The number of rotatable bonds is 7. The third kappa shape index (κ3) is 3.60. The van der Waals surface area contributed by atoms with Crippen LogP contribution in [0, 0.1) is 0 Å². The Bertz CT molecular complexity index is 898. The second kappa shape index (κ2) is 8.03. The van der Waals surface area contributed by atoms with Gasteiger partial charge in [0.1, 0.15) is 23.9 Å². The number of urea groups is 1. The highest BCUT2D eigenvalue weighted by Gasteiger charge is 2.54. The van der Waals surface area contributed by atoms with Crippen molar-refractivity contribution in [2.24, 2.45) is 0 Å². The van der Waals surface area contributed by atoms with Crippen LogP contribution in [0.5, 0.6) is 17.2 Å². The Balaban J connectivity index is 1.39. The second-order valence-electron chi connectivity index (χ2n) is 7.06. The first kappa shape index (κ1) is 19.1. The Kier molecular flexibility index (Phi) is 5.29. The molecule has 1 saturated heterocycles. The van der Waals surface area contributed by atoms with Gasteiger partial charge in [-0.05, 0) is 36.8 Å². The van der Waals surface area contributed by atoms with Crippen LogP contribution in [0.25, 0.3) is 0 Å². The van der Waals surface area contributed by atoms with Crippen LogP contribution < -0.4 is 19.5 Å². The molecule has 7 nitrogen and oxygen atoms in total. The number of nitrogens with zero attached hydrogens (tertiary/aromatic N) is 1. The molecule has 2 aliphatic rings. The van der Waals surface area contributed by atoms with Gasteiger partial charge in [0.05, 0.1) is 19.8 Å². The molecule has 2 heterocycles. The summed E-state index contributed by atoms with van der Waals surface area (Å²) in [6.07, 6.45) is 1.35. The molecule has 0 bridgehead atoms. The van der Waals surface area contributed by atoms with E-state index in [9.17, 15) is 9.59 Å². The molecule has 2 aromatic rings. The third-order valence-corrected chi connectivity index (χ3v) is 5.14. The van der Waals surface area contributed by atoms with Crippen molar-refractivity contribution in [3.8, 4) is 17.2 Å². The molecule has 2 aromatic carbocycles. The Morgan fingerprint density at radius 2 is 1.72 bits per heavy atom. The molecule has 0 saturated carbocycles. The van der Waals surface area contributed by atoms with Gasteiger partial charge >= 0.3 is 6.03 Å². The summed E-state index contributed by atoms with van der Waals surface area (Å²) in [5.74, 6) is 1.82. The molecule has 1 fully saturated rings. The fourth-order valence-electron chi connectivity index (χ4n) is 3.68. The second-order valence-corrected chi connectivity index (χ2v) is 7.06. The lowest BCUT2D eigenvalue weighted by Gasteiger charge is -2.33. The van der Waals surface area contributed by atoms with Crippen LogP contribution in [-0.4, -0.2) is 43.2 Å². The molecule has 1 unspecified atom stereocenters. The maximum absolute atomic E-state index is 13.2. The van der Waals surface area contributed by atoms with Gasteiger partial charge in [-0.3, -0.25) is 9.69 Å². The van der Waals surface area contributed by atoms with Crippen molar-refractivity contribution < 1.29 is 23.8 Å². The maximum atomic E-state index is 13.2. The highest BCUT2D eigenvalue weighted by Crippen LogP contribution is 2.40. The molecular weight excluding hydrogens is 372 g/mol. The summed E-state index contributed by atoms with van der Waals surface area (Å²) >= 11 is 0. The molecule has 1 spiro atoms. The van der Waals surface area contributed by atoms with Gasteiger partial charge in [-0.15, -0.1) is 0 Å². The molecule has 0 aliphatic carbocycles. The SMILES string of the molecule is CCCOc1ccc(OCCN2C(=O)NC3(CCOc4ccccc43)C2=O)cc1. The zero-order chi connectivity index (χ0) is 20.3. The number of para-hydroxylation sites is 1. The van der Waals surface area contributed by atoms with E-state index in [4.69, 9.17) is 14.2 Å². The molecule has 0 aromatic heterocycles. The smallest absolute Gasteiger partial charge is 0.325 e. The van der Waals surface area contributed by atoms with Gasteiger partial charge in [-0.2, -0.15) is 0 Å². The standard InChI is InChI=1S/C22H24N2O5/c1-2-13-27-16-7-9-17(10-8-16)28-15-12-24-20(25)22(23-21(24)26)11-14-29-19-6-4-3-5-18(19)22/h3-10H,2,11-15H2,1H3,(H,23,26). The summed E-state index contributed by atoms with van der Waals surface area (Å²) in [5, 5.41) is 2.89. The Labute approximate surface area is 169 Å². The van der Waals surface area contributed by atoms with Crippen molar-refractivity contribution in [1.82, 2.24) is 10.2 Å². The molecular formula is C22H24N2O5. The van der Waals surface area contributed by atoms with Gasteiger partial charge in [-0.1, -0.05) is 25.1 Å². The monoisotopic (exact) mass is 396 g/mol. The summed E-state index contributed by atoms with van der Waals surface area (Å²) in [5.41, 5.74) is -0.347. The van der Waals surface area contributed by atoms with E-state index in [1.807, 2.05) is 48.5 Å². The van der Waals surface area contributed by atoms with Gasteiger partial charge in [-0.25, -0.2) is 4.79 Å². The first-order valence-corrected chi connectivity index (χ1v) is 9.86. The minimum absolute atomic E-state index is 0.170. The Morgan fingerprint density at radius 1 is 1.03 bits per heavy atom. The molecule has 3 amide bonds. The normalized spacial score (nSPS) is 20.2. The lowest BCUT2D eigenvalue weighted by atomic mass is 9.84. The van der Waals surface area contributed by atoms with Gasteiger partial charge in [0.2, 0.25) is 0 Å². The average molecular weight is 396 g/mol. The highest BCUT2D eigenvalue weighted by atomic mass is 16.5. The largest absolute Gasteiger partial charge is 0.494 e. The van der Waals surface area contributed by atoms with Crippen LogP contribution in [0.2, 0.25) is 0 Å². The molecule has 7 heteroatoms. The molecule has 1 N–H and O–H groups in total. The van der Waals surface area contributed by atoms with Crippen LogP contribution >= 0.6 is 0 Å². The number of carbonyl (C=O) groups excluding carboxylic acids is 2. The first-order chi connectivity index (χ1) is 14.1. The van der Waals surface area contributed by atoms with Crippen LogP contribution in [0.3, 0.4) is 0 Å². The van der Waals surface area contributed by atoms with E-state index >= 15 is 0 Å². The van der Waals surface area contributed by atoms with E-state index in [0.717, 1.165) is 12.2 Å². The molecule has 4 rings (SSSR count). The number of fused-ring (bicyclic) bond motifs is 2. The van der Waals surface area contributed by atoms with E-state index in [-0.39, 0.29) is 19.1 Å². The number of hydrogen-bond acceptors (Lipinski definition) is 5. The number of imide groups is 1. The minimum atomic E-state index is -1.05. The zero-order valence-electron chi connectivity index (χ0n) is 16.3. The molecule has 2 aliphatic heterocycles. The summed E-state index contributed by atoms with van der Waals surface area (Å²) in [4.78, 5) is 26.9. The first-order valence-electron chi connectivity index (χ1n) is 9.86. The van der Waals surface area contributed by atoms with E-state index in [1.165, 1.54) is 4.90 Å². The summed E-state index contributed by atoms with van der Waals surface area (Å²) < 4.78 is 16.9.